The van der Waals surface area contributed by atoms with E-state index in [1.54, 1.807) is 0 Å². The molecule has 0 radical (unpaired) electrons. The maximum absolute atomic E-state index is 8.69. The van der Waals surface area contributed by atoms with Crippen LogP contribution in [0.25, 0.3) is 0 Å². The van der Waals surface area contributed by atoms with Gasteiger partial charge in [0, 0.05) is 19.2 Å². The van der Waals surface area contributed by atoms with Gasteiger partial charge in [-0.1, -0.05) is 6.08 Å². The van der Waals surface area contributed by atoms with Crippen LogP contribution in [0.4, 0.5) is 0 Å². The quantitative estimate of drug-likeness (QED) is 0.619. The first-order valence-corrected chi connectivity index (χ1v) is 4.93. The van der Waals surface area contributed by atoms with Gasteiger partial charge < -0.3 is 15.2 Å². The summed E-state index contributed by atoms with van der Waals surface area (Å²) < 4.78 is 5.32. The van der Waals surface area contributed by atoms with E-state index >= 15 is 0 Å². The molecule has 0 unspecified atom stereocenters. The highest BCUT2D eigenvalue weighted by atomic mass is 16.5. The van der Waals surface area contributed by atoms with Crippen LogP contribution in [0.15, 0.2) is 11.6 Å². The standard InChI is InChI=1S/C10H19NO2/c1-9(4-5-12)11-7-10-3-2-6-13-8-10/h3,9,11-12H,2,4-8H2,1H3/t9-/m1/s1. The summed E-state index contributed by atoms with van der Waals surface area (Å²) in [4.78, 5) is 0. The number of hydrogen-bond acceptors (Lipinski definition) is 3. The molecule has 1 aliphatic rings. The minimum atomic E-state index is 0.254. The van der Waals surface area contributed by atoms with Gasteiger partial charge in [-0.05, 0) is 25.3 Å². The molecule has 3 nitrogen and oxygen atoms in total. The molecule has 0 amide bonds. The van der Waals surface area contributed by atoms with E-state index in [0.29, 0.717) is 6.04 Å². The molecule has 0 saturated heterocycles. The maximum atomic E-state index is 8.69. The molecule has 13 heavy (non-hydrogen) atoms. The summed E-state index contributed by atoms with van der Waals surface area (Å²) in [7, 11) is 0. The highest BCUT2D eigenvalue weighted by molar-refractivity contribution is 5.06. The Kier molecular flexibility index (Phi) is 5.05. The summed E-state index contributed by atoms with van der Waals surface area (Å²) >= 11 is 0. The first-order chi connectivity index (χ1) is 6.33. The zero-order valence-corrected chi connectivity index (χ0v) is 8.25. The molecule has 1 aliphatic heterocycles. The van der Waals surface area contributed by atoms with Gasteiger partial charge in [0.05, 0.1) is 13.2 Å². The molecule has 1 rings (SSSR count). The molecule has 0 fully saturated rings. The van der Waals surface area contributed by atoms with Crippen LogP contribution in [-0.2, 0) is 4.74 Å². The van der Waals surface area contributed by atoms with Gasteiger partial charge in [-0.2, -0.15) is 0 Å². The average molecular weight is 185 g/mol. The van der Waals surface area contributed by atoms with Crippen molar-refractivity contribution >= 4 is 0 Å². The molecular formula is C10H19NO2. The third kappa shape index (κ3) is 4.41. The lowest BCUT2D eigenvalue weighted by atomic mass is 10.1. The van der Waals surface area contributed by atoms with Crippen LogP contribution in [0.3, 0.4) is 0 Å². The molecule has 0 aromatic carbocycles. The van der Waals surface area contributed by atoms with Crippen molar-refractivity contribution < 1.29 is 9.84 Å². The predicted molar refractivity (Wildman–Crippen MR) is 52.7 cm³/mol. The molecule has 76 valence electrons. The predicted octanol–water partition coefficient (Wildman–Crippen LogP) is 0.694. The second-order valence-corrected chi connectivity index (χ2v) is 3.50. The minimum Gasteiger partial charge on any atom is -0.396 e. The first-order valence-electron chi connectivity index (χ1n) is 4.93. The molecule has 0 aromatic rings. The van der Waals surface area contributed by atoms with Gasteiger partial charge in [0.25, 0.3) is 0 Å². The summed E-state index contributed by atoms with van der Waals surface area (Å²) in [5, 5.41) is 12.0. The van der Waals surface area contributed by atoms with Crippen molar-refractivity contribution in [3.63, 3.8) is 0 Å². The van der Waals surface area contributed by atoms with Crippen LogP contribution >= 0.6 is 0 Å². The number of hydrogen-bond donors (Lipinski definition) is 2. The highest BCUT2D eigenvalue weighted by Crippen LogP contribution is 2.04. The van der Waals surface area contributed by atoms with Crippen LogP contribution in [-0.4, -0.2) is 37.5 Å². The second-order valence-electron chi connectivity index (χ2n) is 3.50. The third-order valence-electron chi connectivity index (χ3n) is 2.22. The lowest BCUT2D eigenvalue weighted by molar-refractivity contribution is 0.148. The van der Waals surface area contributed by atoms with Crippen molar-refractivity contribution in [3.05, 3.63) is 11.6 Å². The molecule has 0 bridgehead atoms. The largest absolute Gasteiger partial charge is 0.396 e. The lowest BCUT2D eigenvalue weighted by Crippen LogP contribution is -2.30. The Bertz CT molecular complexity index is 168. The molecule has 0 spiro atoms. The van der Waals surface area contributed by atoms with Crippen molar-refractivity contribution in [1.29, 1.82) is 0 Å². The lowest BCUT2D eigenvalue weighted by Gasteiger charge is -2.17. The van der Waals surface area contributed by atoms with Gasteiger partial charge in [-0.15, -0.1) is 0 Å². The topological polar surface area (TPSA) is 41.5 Å². The normalized spacial score (nSPS) is 19.7. The Balaban J connectivity index is 2.13. The smallest absolute Gasteiger partial charge is 0.0689 e. The molecule has 1 atom stereocenters. The zero-order valence-electron chi connectivity index (χ0n) is 8.25. The number of ether oxygens (including phenoxy) is 1. The van der Waals surface area contributed by atoms with Crippen molar-refractivity contribution in [1.82, 2.24) is 5.32 Å². The Morgan fingerprint density at radius 3 is 3.15 bits per heavy atom. The SMILES string of the molecule is C[C@H](CCO)NCC1=CCCOC1. The van der Waals surface area contributed by atoms with Crippen molar-refractivity contribution in [3.8, 4) is 0 Å². The van der Waals surface area contributed by atoms with Crippen molar-refractivity contribution in [2.45, 2.75) is 25.8 Å². The highest BCUT2D eigenvalue weighted by Gasteiger charge is 2.05. The average Bonchev–Trinajstić information content (AvgIpc) is 2.17. The van der Waals surface area contributed by atoms with Gasteiger partial charge >= 0.3 is 0 Å². The fraction of sp³-hybridized carbons (Fsp3) is 0.800. The Labute approximate surface area is 79.8 Å². The Hall–Kier alpha value is -0.380. The molecule has 1 heterocycles. The molecular weight excluding hydrogens is 166 g/mol. The van der Waals surface area contributed by atoms with Crippen LogP contribution in [0.1, 0.15) is 19.8 Å². The van der Waals surface area contributed by atoms with E-state index in [-0.39, 0.29) is 6.61 Å². The third-order valence-corrected chi connectivity index (χ3v) is 2.22. The fourth-order valence-electron chi connectivity index (χ4n) is 1.33. The number of aliphatic hydroxyl groups is 1. The second kappa shape index (κ2) is 6.13. The van der Waals surface area contributed by atoms with Gasteiger partial charge in [0.2, 0.25) is 0 Å². The molecule has 2 N–H and O–H groups in total. The molecule has 0 saturated carbocycles. The van der Waals surface area contributed by atoms with E-state index in [9.17, 15) is 0 Å². The fourth-order valence-corrected chi connectivity index (χ4v) is 1.33. The summed E-state index contributed by atoms with van der Waals surface area (Å²) in [6, 6.07) is 0.382. The van der Waals surface area contributed by atoms with E-state index in [0.717, 1.165) is 32.6 Å². The summed E-state index contributed by atoms with van der Waals surface area (Å²) in [6.45, 7) is 4.85. The maximum Gasteiger partial charge on any atom is 0.0689 e. The van der Waals surface area contributed by atoms with E-state index in [4.69, 9.17) is 9.84 Å². The van der Waals surface area contributed by atoms with Crippen molar-refractivity contribution in [2.75, 3.05) is 26.4 Å². The summed E-state index contributed by atoms with van der Waals surface area (Å²) in [5.74, 6) is 0. The van der Waals surface area contributed by atoms with Crippen LogP contribution < -0.4 is 5.32 Å². The molecule has 3 heteroatoms. The van der Waals surface area contributed by atoms with Crippen LogP contribution in [0.2, 0.25) is 0 Å². The molecule has 0 aromatic heterocycles. The van der Waals surface area contributed by atoms with Gasteiger partial charge in [0.1, 0.15) is 0 Å². The number of nitrogens with one attached hydrogen (secondary N) is 1. The van der Waals surface area contributed by atoms with E-state index < -0.39 is 0 Å². The van der Waals surface area contributed by atoms with E-state index in [1.165, 1.54) is 5.57 Å². The van der Waals surface area contributed by atoms with E-state index in [1.807, 2.05) is 0 Å². The van der Waals surface area contributed by atoms with Crippen molar-refractivity contribution in [2.24, 2.45) is 0 Å². The van der Waals surface area contributed by atoms with Gasteiger partial charge in [0.15, 0.2) is 0 Å². The summed E-state index contributed by atoms with van der Waals surface area (Å²) in [5.41, 5.74) is 1.33. The number of aliphatic hydroxyl groups excluding tert-OH is 1. The summed E-state index contributed by atoms with van der Waals surface area (Å²) in [6.07, 6.45) is 4.09. The minimum absolute atomic E-state index is 0.254. The monoisotopic (exact) mass is 185 g/mol. The number of rotatable bonds is 5. The Morgan fingerprint density at radius 2 is 2.54 bits per heavy atom. The van der Waals surface area contributed by atoms with Gasteiger partial charge in [-0.25, -0.2) is 0 Å². The van der Waals surface area contributed by atoms with Crippen LogP contribution in [0.5, 0.6) is 0 Å². The zero-order chi connectivity index (χ0) is 9.52. The first kappa shape index (κ1) is 10.7. The Morgan fingerprint density at radius 1 is 1.69 bits per heavy atom. The van der Waals surface area contributed by atoms with E-state index in [2.05, 4.69) is 18.3 Å². The van der Waals surface area contributed by atoms with Gasteiger partial charge in [-0.3, -0.25) is 0 Å². The molecule has 0 aliphatic carbocycles. The van der Waals surface area contributed by atoms with Crippen LogP contribution in [0, 0.1) is 0 Å².